The van der Waals surface area contributed by atoms with Crippen molar-refractivity contribution in [3.63, 3.8) is 0 Å². The third-order valence-electron chi connectivity index (χ3n) is 3.24. The number of amides is 1. The molecule has 4 heteroatoms. The quantitative estimate of drug-likeness (QED) is 0.849. The minimum absolute atomic E-state index is 0.0423. The summed E-state index contributed by atoms with van der Waals surface area (Å²) in [5.74, 6) is -0.0423. The van der Waals surface area contributed by atoms with Crippen molar-refractivity contribution < 1.29 is 4.79 Å². The molecule has 0 spiro atoms. The highest BCUT2D eigenvalue weighted by Gasteiger charge is 2.17. The Balaban J connectivity index is 2.20. The summed E-state index contributed by atoms with van der Waals surface area (Å²) in [5.41, 5.74) is 8.01. The molecule has 0 saturated carbocycles. The highest BCUT2D eigenvalue weighted by molar-refractivity contribution is 6.33. The van der Waals surface area contributed by atoms with Crippen LogP contribution in [0.5, 0.6) is 0 Å². The first-order chi connectivity index (χ1) is 10.1. The fraction of sp³-hybridized carbons (Fsp3) is 0.235. The normalized spacial score (nSPS) is 10.4. The van der Waals surface area contributed by atoms with Crippen LogP contribution in [-0.4, -0.2) is 17.4 Å². The molecule has 3 nitrogen and oxygen atoms in total. The second-order valence-corrected chi connectivity index (χ2v) is 5.36. The molecule has 0 fully saturated rings. The monoisotopic (exact) mass is 302 g/mol. The molecule has 0 unspecified atom stereocenters. The summed E-state index contributed by atoms with van der Waals surface area (Å²) >= 11 is 6.12. The molecule has 0 bridgehead atoms. The fourth-order valence-electron chi connectivity index (χ4n) is 2.17. The molecule has 110 valence electrons. The molecular formula is C17H19ClN2O. The molecule has 2 rings (SSSR count). The van der Waals surface area contributed by atoms with Crippen molar-refractivity contribution in [2.75, 3.05) is 12.3 Å². The van der Waals surface area contributed by atoms with E-state index in [4.69, 9.17) is 17.3 Å². The van der Waals surface area contributed by atoms with Gasteiger partial charge in [-0.2, -0.15) is 0 Å². The molecule has 0 aliphatic rings. The number of hydrogen-bond acceptors (Lipinski definition) is 2. The maximum Gasteiger partial charge on any atom is 0.255 e. The van der Waals surface area contributed by atoms with Crippen molar-refractivity contribution in [2.45, 2.75) is 19.9 Å². The van der Waals surface area contributed by atoms with Crippen molar-refractivity contribution in [1.29, 1.82) is 0 Å². The van der Waals surface area contributed by atoms with E-state index in [1.165, 1.54) is 0 Å². The van der Waals surface area contributed by atoms with E-state index in [0.717, 1.165) is 17.7 Å². The Hall–Kier alpha value is -2.00. The largest absolute Gasteiger partial charge is 0.399 e. The molecule has 2 aromatic carbocycles. The van der Waals surface area contributed by atoms with Crippen LogP contribution in [0.2, 0.25) is 5.02 Å². The van der Waals surface area contributed by atoms with Gasteiger partial charge in [-0.1, -0.05) is 42.8 Å². The average Bonchev–Trinajstić information content (AvgIpc) is 2.49. The predicted octanol–water partition coefficient (Wildman–Crippen LogP) is 3.97. The Kier molecular flexibility index (Phi) is 5.23. The standard InChI is InChI=1S/C17H19ClN2O/c1-2-11-20(12-13-7-9-14(19)10-8-13)17(21)15-5-3-4-6-16(15)18/h3-10H,2,11-12,19H2,1H3. The zero-order valence-electron chi connectivity index (χ0n) is 12.1. The summed E-state index contributed by atoms with van der Waals surface area (Å²) in [5, 5.41) is 0.487. The number of nitrogen functional groups attached to an aromatic ring is 1. The first-order valence-electron chi connectivity index (χ1n) is 7.00. The van der Waals surface area contributed by atoms with Gasteiger partial charge in [-0.05, 0) is 36.2 Å². The van der Waals surface area contributed by atoms with Crippen LogP contribution in [0.1, 0.15) is 29.3 Å². The van der Waals surface area contributed by atoms with Crippen molar-refractivity contribution in [2.24, 2.45) is 0 Å². The lowest BCUT2D eigenvalue weighted by Crippen LogP contribution is -2.31. The van der Waals surface area contributed by atoms with Crippen LogP contribution in [0.15, 0.2) is 48.5 Å². The zero-order chi connectivity index (χ0) is 15.2. The van der Waals surface area contributed by atoms with Crippen molar-refractivity contribution in [1.82, 2.24) is 4.90 Å². The van der Waals surface area contributed by atoms with Crippen LogP contribution in [0, 0.1) is 0 Å². The van der Waals surface area contributed by atoms with Crippen LogP contribution in [0.3, 0.4) is 0 Å². The van der Waals surface area contributed by atoms with E-state index in [2.05, 4.69) is 6.92 Å². The highest BCUT2D eigenvalue weighted by atomic mass is 35.5. The van der Waals surface area contributed by atoms with Gasteiger partial charge in [-0.15, -0.1) is 0 Å². The molecular weight excluding hydrogens is 284 g/mol. The molecule has 0 aliphatic heterocycles. The third kappa shape index (κ3) is 3.99. The average molecular weight is 303 g/mol. The maximum atomic E-state index is 12.6. The first-order valence-corrected chi connectivity index (χ1v) is 7.38. The molecule has 0 saturated heterocycles. The van der Waals surface area contributed by atoms with Gasteiger partial charge in [0.25, 0.3) is 5.91 Å². The highest BCUT2D eigenvalue weighted by Crippen LogP contribution is 2.19. The Morgan fingerprint density at radius 1 is 1.14 bits per heavy atom. The van der Waals surface area contributed by atoms with Crippen LogP contribution in [0.25, 0.3) is 0 Å². The molecule has 0 radical (unpaired) electrons. The van der Waals surface area contributed by atoms with Crippen LogP contribution in [-0.2, 0) is 6.54 Å². The Bertz CT molecular complexity index is 610. The molecule has 2 aromatic rings. The molecule has 0 heterocycles. The van der Waals surface area contributed by atoms with Crippen molar-refractivity contribution in [3.05, 3.63) is 64.7 Å². The summed E-state index contributed by atoms with van der Waals surface area (Å²) in [6.45, 7) is 3.29. The second kappa shape index (κ2) is 7.14. The van der Waals surface area contributed by atoms with Gasteiger partial charge in [0.15, 0.2) is 0 Å². The lowest BCUT2D eigenvalue weighted by molar-refractivity contribution is 0.0743. The van der Waals surface area contributed by atoms with E-state index in [0.29, 0.717) is 23.7 Å². The van der Waals surface area contributed by atoms with Crippen molar-refractivity contribution in [3.8, 4) is 0 Å². The van der Waals surface area contributed by atoms with E-state index in [-0.39, 0.29) is 5.91 Å². The van der Waals surface area contributed by atoms with E-state index >= 15 is 0 Å². The Labute approximate surface area is 130 Å². The number of hydrogen-bond donors (Lipinski definition) is 1. The smallest absolute Gasteiger partial charge is 0.255 e. The van der Waals surface area contributed by atoms with Crippen LogP contribution >= 0.6 is 11.6 Å². The predicted molar refractivity (Wildman–Crippen MR) is 87.3 cm³/mol. The van der Waals surface area contributed by atoms with Gasteiger partial charge >= 0.3 is 0 Å². The summed E-state index contributed by atoms with van der Waals surface area (Å²) in [6.07, 6.45) is 0.894. The zero-order valence-corrected chi connectivity index (χ0v) is 12.8. The topological polar surface area (TPSA) is 46.3 Å². The number of carbonyl (C=O) groups excluding carboxylic acids is 1. The van der Waals surface area contributed by atoms with Crippen LogP contribution < -0.4 is 5.73 Å². The fourth-order valence-corrected chi connectivity index (χ4v) is 2.39. The molecule has 0 atom stereocenters. The summed E-state index contributed by atoms with van der Waals surface area (Å²) < 4.78 is 0. The Morgan fingerprint density at radius 2 is 1.81 bits per heavy atom. The summed E-state index contributed by atoms with van der Waals surface area (Å²) in [6, 6.07) is 14.7. The number of rotatable bonds is 5. The van der Waals surface area contributed by atoms with Gasteiger partial charge < -0.3 is 10.6 Å². The van der Waals surface area contributed by atoms with Gasteiger partial charge in [0.1, 0.15) is 0 Å². The van der Waals surface area contributed by atoms with E-state index in [1.54, 1.807) is 12.1 Å². The molecule has 21 heavy (non-hydrogen) atoms. The number of anilines is 1. The lowest BCUT2D eigenvalue weighted by Gasteiger charge is -2.23. The number of nitrogens with zero attached hydrogens (tertiary/aromatic N) is 1. The molecule has 0 aliphatic carbocycles. The number of nitrogens with two attached hydrogens (primary N) is 1. The van der Waals surface area contributed by atoms with E-state index < -0.39 is 0 Å². The number of benzene rings is 2. The summed E-state index contributed by atoms with van der Waals surface area (Å²) in [4.78, 5) is 14.5. The summed E-state index contributed by atoms with van der Waals surface area (Å²) in [7, 11) is 0. The number of halogens is 1. The SMILES string of the molecule is CCCN(Cc1ccc(N)cc1)C(=O)c1ccccc1Cl. The van der Waals surface area contributed by atoms with Gasteiger partial charge in [-0.3, -0.25) is 4.79 Å². The third-order valence-corrected chi connectivity index (χ3v) is 3.57. The van der Waals surface area contributed by atoms with Crippen LogP contribution in [0.4, 0.5) is 5.69 Å². The first kappa shape index (κ1) is 15.4. The van der Waals surface area contributed by atoms with Crippen molar-refractivity contribution >= 4 is 23.2 Å². The van der Waals surface area contributed by atoms with E-state index in [9.17, 15) is 4.79 Å². The lowest BCUT2D eigenvalue weighted by atomic mass is 10.1. The maximum absolute atomic E-state index is 12.6. The number of carbonyl (C=O) groups is 1. The molecule has 1 amide bonds. The van der Waals surface area contributed by atoms with Gasteiger partial charge in [0.05, 0.1) is 10.6 Å². The van der Waals surface area contributed by atoms with Gasteiger partial charge in [-0.25, -0.2) is 0 Å². The Morgan fingerprint density at radius 3 is 2.43 bits per heavy atom. The van der Waals surface area contributed by atoms with Gasteiger partial charge in [0, 0.05) is 18.8 Å². The molecule has 2 N–H and O–H groups in total. The minimum Gasteiger partial charge on any atom is -0.399 e. The van der Waals surface area contributed by atoms with E-state index in [1.807, 2.05) is 41.3 Å². The minimum atomic E-state index is -0.0423. The second-order valence-electron chi connectivity index (χ2n) is 4.95. The molecule has 0 aromatic heterocycles. The van der Waals surface area contributed by atoms with Gasteiger partial charge in [0.2, 0.25) is 0 Å².